The molecule has 0 unspecified atom stereocenters. The summed E-state index contributed by atoms with van der Waals surface area (Å²) in [4.78, 5) is 12.4. The molecule has 4 aliphatic carbocycles. The van der Waals surface area contributed by atoms with Crippen LogP contribution in [0.25, 0.3) is 0 Å². The molecule has 0 saturated heterocycles. The zero-order valence-corrected chi connectivity index (χ0v) is 17.3. The molecule has 0 atom stereocenters. The second-order valence-corrected chi connectivity index (χ2v) is 9.11. The van der Waals surface area contributed by atoms with Gasteiger partial charge in [-0.15, -0.1) is 0 Å². The molecule has 5 rings (SSSR count). The van der Waals surface area contributed by atoms with Crippen LogP contribution in [0.5, 0.6) is 11.5 Å². The minimum absolute atomic E-state index is 0.0132. The van der Waals surface area contributed by atoms with E-state index in [1.54, 1.807) is 20.4 Å². The quantitative estimate of drug-likeness (QED) is 0.540. The Morgan fingerprint density at radius 1 is 1.15 bits per heavy atom. The van der Waals surface area contributed by atoms with Crippen LogP contribution in [0.2, 0.25) is 0 Å². The van der Waals surface area contributed by atoms with Gasteiger partial charge in [0.25, 0.3) is 0 Å². The first kappa shape index (κ1) is 18.6. The maximum Gasteiger partial charge on any atom is 0.335 e. The van der Waals surface area contributed by atoms with Gasteiger partial charge in [-0.3, -0.25) is 0 Å². The van der Waals surface area contributed by atoms with Crippen LogP contribution in [-0.4, -0.2) is 32.0 Å². The highest BCUT2D eigenvalue weighted by atomic mass is 79.9. The molecule has 2 N–H and O–H groups in total. The topological polar surface area (TPSA) is 72.0 Å². The summed E-state index contributed by atoms with van der Waals surface area (Å²) in [6, 6.07) is 3.46. The van der Waals surface area contributed by atoms with E-state index in [-0.39, 0.29) is 11.6 Å². The van der Waals surface area contributed by atoms with E-state index in [1.807, 2.05) is 12.1 Å². The summed E-state index contributed by atoms with van der Waals surface area (Å²) in [7, 11) is 3.18. The molecule has 7 heteroatoms. The lowest BCUT2D eigenvalue weighted by Crippen LogP contribution is -2.61. The Labute approximate surface area is 168 Å². The first-order valence-corrected chi connectivity index (χ1v) is 10.3. The first-order chi connectivity index (χ1) is 13.0. The molecule has 0 spiro atoms. The Bertz CT molecular complexity index is 730. The van der Waals surface area contributed by atoms with Crippen LogP contribution in [0.15, 0.2) is 21.7 Å². The van der Waals surface area contributed by atoms with Crippen molar-refractivity contribution in [1.29, 1.82) is 0 Å². The van der Waals surface area contributed by atoms with E-state index in [1.165, 1.54) is 19.3 Å². The van der Waals surface area contributed by atoms with Gasteiger partial charge in [-0.1, -0.05) is 0 Å². The number of benzene rings is 1. The number of ether oxygens (including phenoxy) is 2. The SMILES string of the molecule is COc1cc(C=NNC(=O)NC23CC4CC(CC(C4)C2)C3)cc(Br)c1OC. The average Bonchev–Trinajstić information content (AvgIpc) is 2.59. The molecule has 4 bridgehead atoms. The largest absolute Gasteiger partial charge is 0.493 e. The molecule has 0 aromatic heterocycles. The van der Waals surface area contributed by atoms with E-state index >= 15 is 0 Å². The van der Waals surface area contributed by atoms with Crippen LogP contribution in [0.1, 0.15) is 44.1 Å². The molecule has 1 aromatic rings. The fourth-order valence-corrected chi connectivity index (χ4v) is 6.33. The first-order valence-electron chi connectivity index (χ1n) is 9.53. The van der Waals surface area contributed by atoms with Crippen molar-refractivity contribution in [3.63, 3.8) is 0 Å². The molecular weight excluding hydrogens is 410 g/mol. The van der Waals surface area contributed by atoms with Crippen molar-refractivity contribution < 1.29 is 14.3 Å². The number of amides is 2. The summed E-state index contributed by atoms with van der Waals surface area (Å²) < 4.78 is 11.4. The lowest BCUT2D eigenvalue weighted by Gasteiger charge is -2.56. The van der Waals surface area contributed by atoms with Crippen molar-refractivity contribution in [3.05, 3.63) is 22.2 Å². The van der Waals surface area contributed by atoms with Gasteiger partial charge in [0.15, 0.2) is 11.5 Å². The van der Waals surface area contributed by atoms with Gasteiger partial charge in [-0.25, -0.2) is 10.2 Å². The van der Waals surface area contributed by atoms with Crippen molar-refractivity contribution in [2.45, 2.75) is 44.1 Å². The molecule has 2 amide bonds. The number of carbonyl (C=O) groups excluding carboxylic acids is 1. The van der Waals surface area contributed by atoms with E-state index in [4.69, 9.17) is 9.47 Å². The normalized spacial score (nSPS) is 31.1. The molecule has 146 valence electrons. The minimum atomic E-state index is -0.215. The third kappa shape index (κ3) is 3.79. The predicted octanol–water partition coefficient (Wildman–Crippen LogP) is 4.07. The average molecular weight is 436 g/mol. The standard InChI is InChI=1S/C20H26BrN3O3/c1-26-17-7-15(6-16(21)18(17)27-2)11-22-24-19(25)23-20-8-12-3-13(9-20)5-14(4-12)10-20/h6-7,11-14H,3-5,8-10H2,1-2H3,(H2,23,24,25). The fourth-order valence-electron chi connectivity index (χ4n) is 5.71. The molecule has 0 radical (unpaired) electrons. The lowest BCUT2D eigenvalue weighted by molar-refractivity contribution is -0.0135. The van der Waals surface area contributed by atoms with Crippen LogP contribution in [0.3, 0.4) is 0 Å². The smallest absolute Gasteiger partial charge is 0.335 e. The van der Waals surface area contributed by atoms with E-state index in [0.717, 1.165) is 47.1 Å². The third-order valence-corrected chi connectivity index (χ3v) is 6.84. The van der Waals surface area contributed by atoms with Crippen molar-refractivity contribution >= 4 is 28.2 Å². The molecular formula is C20H26BrN3O3. The summed E-state index contributed by atoms with van der Waals surface area (Å²) in [5.41, 5.74) is 3.41. The van der Waals surface area contributed by atoms with Gasteiger partial charge in [0.05, 0.1) is 24.9 Å². The molecule has 27 heavy (non-hydrogen) atoms. The number of hydrogen-bond donors (Lipinski definition) is 2. The molecule has 4 fully saturated rings. The van der Waals surface area contributed by atoms with Crippen LogP contribution < -0.4 is 20.2 Å². The zero-order valence-electron chi connectivity index (χ0n) is 15.8. The number of methoxy groups -OCH3 is 2. The Morgan fingerprint density at radius 3 is 2.33 bits per heavy atom. The highest BCUT2D eigenvalue weighted by molar-refractivity contribution is 9.10. The summed E-state index contributed by atoms with van der Waals surface area (Å²) in [5, 5.41) is 7.35. The highest BCUT2D eigenvalue weighted by Gasteiger charge is 2.51. The van der Waals surface area contributed by atoms with Gasteiger partial charge in [0, 0.05) is 5.54 Å². The lowest BCUT2D eigenvalue weighted by atomic mass is 9.53. The van der Waals surface area contributed by atoms with E-state index < -0.39 is 0 Å². The van der Waals surface area contributed by atoms with Crippen molar-refractivity contribution in [2.75, 3.05) is 14.2 Å². The Morgan fingerprint density at radius 2 is 1.78 bits per heavy atom. The number of rotatable bonds is 5. The second kappa shape index (κ2) is 7.34. The Balaban J connectivity index is 1.38. The van der Waals surface area contributed by atoms with Crippen molar-refractivity contribution in [2.24, 2.45) is 22.9 Å². The number of urea groups is 1. The number of hydrazone groups is 1. The van der Waals surface area contributed by atoms with E-state index in [9.17, 15) is 4.79 Å². The molecule has 0 aliphatic heterocycles. The summed E-state index contributed by atoms with van der Waals surface area (Å²) in [5.74, 6) is 3.62. The molecule has 1 aromatic carbocycles. The molecule has 6 nitrogen and oxygen atoms in total. The van der Waals surface area contributed by atoms with Gasteiger partial charge >= 0.3 is 6.03 Å². The van der Waals surface area contributed by atoms with Gasteiger partial charge in [0.1, 0.15) is 0 Å². The Hall–Kier alpha value is -1.76. The summed E-state index contributed by atoms with van der Waals surface area (Å²) in [6.07, 6.45) is 9.04. The van der Waals surface area contributed by atoms with Crippen LogP contribution in [0, 0.1) is 17.8 Å². The van der Waals surface area contributed by atoms with Crippen LogP contribution in [-0.2, 0) is 0 Å². The maximum atomic E-state index is 12.4. The predicted molar refractivity (Wildman–Crippen MR) is 107 cm³/mol. The fraction of sp³-hybridized carbons (Fsp3) is 0.600. The molecule has 4 aliphatic rings. The van der Waals surface area contributed by atoms with Crippen molar-refractivity contribution in [1.82, 2.24) is 10.7 Å². The number of hydrogen-bond acceptors (Lipinski definition) is 4. The van der Waals surface area contributed by atoms with Crippen molar-refractivity contribution in [3.8, 4) is 11.5 Å². The monoisotopic (exact) mass is 435 g/mol. The molecule has 0 heterocycles. The number of halogens is 1. The van der Waals surface area contributed by atoms with Crippen LogP contribution in [0.4, 0.5) is 4.79 Å². The summed E-state index contributed by atoms with van der Waals surface area (Å²) in [6.45, 7) is 0. The van der Waals surface area contributed by atoms with E-state index in [2.05, 4.69) is 31.8 Å². The third-order valence-electron chi connectivity index (χ3n) is 6.25. The Kier molecular flexibility index (Phi) is 5.05. The molecule has 4 saturated carbocycles. The van der Waals surface area contributed by atoms with E-state index in [0.29, 0.717) is 11.5 Å². The summed E-state index contributed by atoms with van der Waals surface area (Å²) >= 11 is 3.46. The highest BCUT2D eigenvalue weighted by Crippen LogP contribution is 2.55. The number of carbonyl (C=O) groups is 1. The van der Waals surface area contributed by atoms with Gasteiger partial charge in [0.2, 0.25) is 0 Å². The van der Waals surface area contributed by atoms with Gasteiger partial charge in [-0.2, -0.15) is 5.10 Å². The minimum Gasteiger partial charge on any atom is -0.493 e. The van der Waals surface area contributed by atoms with Gasteiger partial charge < -0.3 is 14.8 Å². The number of nitrogens with one attached hydrogen (secondary N) is 2. The maximum absolute atomic E-state index is 12.4. The second-order valence-electron chi connectivity index (χ2n) is 8.26. The van der Waals surface area contributed by atoms with Gasteiger partial charge in [-0.05, 0) is 89.9 Å². The zero-order chi connectivity index (χ0) is 19.0. The van der Waals surface area contributed by atoms with Crippen LogP contribution >= 0.6 is 15.9 Å². The number of nitrogens with zero attached hydrogens (tertiary/aromatic N) is 1.